The molecule has 0 spiro atoms. The molecule has 0 aliphatic carbocycles. The van der Waals surface area contributed by atoms with Crippen molar-refractivity contribution in [2.75, 3.05) is 5.43 Å². The van der Waals surface area contributed by atoms with Gasteiger partial charge in [-0.25, -0.2) is 4.79 Å². The maximum absolute atomic E-state index is 12.5. The Morgan fingerprint density at radius 1 is 1.08 bits per heavy atom. The smallest absolute Gasteiger partial charge is 0.337 e. The van der Waals surface area contributed by atoms with Crippen LogP contribution in [0.15, 0.2) is 63.8 Å². The number of carbonyl (C=O) groups is 1. The molecule has 3 aromatic rings. The summed E-state index contributed by atoms with van der Waals surface area (Å²) in [5, 5.41) is 0.531. The number of carbonyl (C=O) groups excluding carboxylic acids is 1. The van der Waals surface area contributed by atoms with Crippen LogP contribution in [0.5, 0.6) is 5.75 Å². The van der Waals surface area contributed by atoms with Crippen molar-refractivity contribution in [1.29, 1.82) is 0 Å². The summed E-state index contributed by atoms with van der Waals surface area (Å²) < 4.78 is 10.8. The molecule has 0 saturated carbocycles. The molecule has 0 fully saturated rings. The van der Waals surface area contributed by atoms with Gasteiger partial charge in [0.2, 0.25) is 0 Å². The molecule has 6 nitrogen and oxygen atoms in total. The van der Waals surface area contributed by atoms with Gasteiger partial charge in [-0.15, -0.1) is 0 Å². The molecule has 1 aromatic heterocycles. The third kappa shape index (κ3) is 3.98. The predicted molar refractivity (Wildman–Crippen MR) is 95.8 cm³/mol. The highest BCUT2D eigenvalue weighted by Gasteiger charge is 2.14. The van der Waals surface area contributed by atoms with Crippen LogP contribution in [0.1, 0.15) is 24.2 Å². The Bertz CT molecular complexity index is 949. The van der Waals surface area contributed by atoms with Crippen LogP contribution in [0, 0.1) is 0 Å². The molecule has 0 radical (unpaired) electrons. The third-order valence-corrected chi connectivity index (χ3v) is 3.43. The lowest BCUT2D eigenvalue weighted by Gasteiger charge is -2.12. The molecule has 128 valence electrons. The molecule has 0 unspecified atom stereocenters. The zero-order valence-electron chi connectivity index (χ0n) is 13.9. The molecule has 2 N–H and O–H groups in total. The molecular formula is C19H18N2O4. The molecule has 0 bridgehead atoms. The summed E-state index contributed by atoms with van der Waals surface area (Å²) in [4.78, 5) is 24.3. The van der Waals surface area contributed by atoms with Crippen molar-refractivity contribution in [1.82, 2.24) is 5.43 Å². The van der Waals surface area contributed by atoms with Gasteiger partial charge >= 0.3 is 5.63 Å². The highest BCUT2D eigenvalue weighted by molar-refractivity contribution is 6.06. The second-order valence-corrected chi connectivity index (χ2v) is 5.75. The van der Waals surface area contributed by atoms with Gasteiger partial charge in [0.25, 0.3) is 5.91 Å². The van der Waals surface area contributed by atoms with Gasteiger partial charge in [-0.2, -0.15) is 0 Å². The lowest BCUT2D eigenvalue weighted by molar-refractivity contribution is 0.0963. The van der Waals surface area contributed by atoms with E-state index in [0.717, 1.165) is 5.69 Å². The SMILES string of the molecule is CC(C)Oc1ccc2c(C(=O)NNc3ccccc3)cc(=O)oc2c1. The number of amides is 1. The predicted octanol–water partition coefficient (Wildman–Crippen LogP) is 3.34. The van der Waals surface area contributed by atoms with Crippen LogP contribution in [0.25, 0.3) is 11.0 Å². The molecule has 0 aliphatic rings. The normalized spacial score (nSPS) is 10.7. The zero-order valence-corrected chi connectivity index (χ0v) is 13.9. The van der Waals surface area contributed by atoms with Gasteiger partial charge in [-0.3, -0.25) is 15.6 Å². The number of hydrogen-bond donors (Lipinski definition) is 2. The van der Waals surface area contributed by atoms with Crippen molar-refractivity contribution in [3.63, 3.8) is 0 Å². The second-order valence-electron chi connectivity index (χ2n) is 5.75. The third-order valence-electron chi connectivity index (χ3n) is 3.43. The summed E-state index contributed by atoms with van der Waals surface area (Å²) in [6.07, 6.45) is -0.00859. The molecule has 2 aromatic carbocycles. The number of para-hydroxylation sites is 1. The molecule has 1 amide bonds. The van der Waals surface area contributed by atoms with Crippen LogP contribution in [0.2, 0.25) is 0 Å². The van der Waals surface area contributed by atoms with Gasteiger partial charge < -0.3 is 9.15 Å². The van der Waals surface area contributed by atoms with E-state index in [0.29, 0.717) is 16.7 Å². The van der Waals surface area contributed by atoms with Crippen LogP contribution >= 0.6 is 0 Å². The van der Waals surface area contributed by atoms with Gasteiger partial charge in [0.1, 0.15) is 11.3 Å². The lowest BCUT2D eigenvalue weighted by atomic mass is 10.1. The van der Waals surface area contributed by atoms with E-state index in [1.165, 1.54) is 6.07 Å². The number of ether oxygens (including phenoxy) is 1. The number of rotatable bonds is 5. The van der Waals surface area contributed by atoms with Crippen LogP contribution in [-0.4, -0.2) is 12.0 Å². The van der Waals surface area contributed by atoms with Gasteiger partial charge in [-0.1, -0.05) is 18.2 Å². The Kier molecular flexibility index (Phi) is 4.70. The van der Waals surface area contributed by atoms with Crippen molar-refractivity contribution in [3.8, 4) is 5.75 Å². The highest BCUT2D eigenvalue weighted by Crippen LogP contribution is 2.23. The molecule has 0 aliphatic heterocycles. The van der Waals surface area contributed by atoms with Crippen LogP contribution < -0.4 is 21.2 Å². The minimum Gasteiger partial charge on any atom is -0.491 e. The van der Waals surface area contributed by atoms with Crippen molar-refractivity contribution >= 4 is 22.6 Å². The van der Waals surface area contributed by atoms with Gasteiger partial charge in [-0.05, 0) is 38.1 Å². The molecule has 3 rings (SSSR count). The summed E-state index contributed by atoms with van der Waals surface area (Å²) in [7, 11) is 0. The van der Waals surface area contributed by atoms with Crippen molar-refractivity contribution in [3.05, 3.63) is 70.6 Å². The maximum Gasteiger partial charge on any atom is 0.337 e. The van der Waals surface area contributed by atoms with Crippen LogP contribution in [0.4, 0.5) is 5.69 Å². The largest absolute Gasteiger partial charge is 0.491 e. The summed E-state index contributed by atoms with van der Waals surface area (Å²) in [6.45, 7) is 3.80. The van der Waals surface area contributed by atoms with E-state index in [9.17, 15) is 9.59 Å². The second kappa shape index (κ2) is 7.09. The zero-order chi connectivity index (χ0) is 17.8. The molecule has 6 heteroatoms. The Morgan fingerprint density at radius 3 is 2.56 bits per heavy atom. The fraction of sp³-hybridized carbons (Fsp3) is 0.158. The number of anilines is 1. The van der Waals surface area contributed by atoms with E-state index in [4.69, 9.17) is 9.15 Å². The first-order valence-electron chi connectivity index (χ1n) is 7.89. The van der Waals surface area contributed by atoms with Gasteiger partial charge in [0.15, 0.2) is 0 Å². The van der Waals surface area contributed by atoms with Crippen LogP contribution in [-0.2, 0) is 0 Å². The molecule has 0 atom stereocenters. The minimum atomic E-state index is -0.598. The molecular weight excluding hydrogens is 320 g/mol. The average Bonchev–Trinajstić information content (AvgIpc) is 2.59. The minimum absolute atomic E-state index is 0.00859. The monoisotopic (exact) mass is 338 g/mol. The van der Waals surface area contributed by atoms with Crippen molar-refractivity contribution < 1.29 is 13.9 Å². The maximum atomic E-state index is 12.5. The Hall–Kier alpha value is -3.28. The summed E-state index contributed by atoms with van der Waals surface area (Å²) >= 11 is 0. The number of benzene rings is 2. The Labute approximate surface area is 144 Å². The van der Waals surface area contributed by atoms with E-state index in [1.807, 2.05) is 44.2 Å². The van der Waals surface area contributed by atoms with E-state index >= 15 is 0 Å². The standard InChI is InChI=1S/C19H18N2O4/c1-12(2)24-14-8-9-15-16(11-18(22)25-17(15)10-14)19(23)21-20-13-6-4-3-5-7-13/h3-12,20H,1-2H3,(H,21,23). The first-order chi connectivity index (χ1) is 12.0. The number of hydrogen-bond acceptors (Lipinski definition) is 5. The average molecular weight is 338 g/mol. The molecule has 25 heavy (non-hydrogen) atoms. The molecule has 0 saturated heterocycles. The Balaban J connectivity index is 1.89. The van der Waals surface area contributed by atoms with E-state index in [1.54, 1.807) is 18.2 Å². The first kappa shape index (κ1) is 16.6. The van der Waals surface area contributed by atoms with E-state index in [-0.39, 0.29) is 11.7 Å². The van der Waals surface area contributed by atoms with Crippen LogP contribution in [0.3, 0.4) is 0 Å². The van der Waals surface area contributed by atoms with Crippen molar-refractivity contribution in [2.45, 2.75) is 20.0 Å². The van der Waals surface area contributed by atoms with E-state index in [2.05, 4.69) is 10.9 Å². The number of nitrogens with one attached hydrogen (secondary N) is 2. The lowest BCUT2D eigenvalue weighted by Crippen LogP contribution is -2.30. The summed E-state index contributed by atoms with van der Waals surface area (Å²) in [6, 6.07) is 15.4. The quantitative estimate of drug-likeness (QED) is 0.551. The first-order valence-corrected chi connectivity index (χ1v) is 7.89. The van der Waals surface area contributed by atoms with Crippen molar-refractivity contribution in [2.24, 2.45) is 0 Å². The fourth-order valence-electron chi connectivity index (χ4n) is 2.39. The van der Waals surface area contributed by atoms with Gasteiger partial charge in [0.05, 0.1) is 17.4 Å². The topological polar surface area (TPSA) is 80.6 Å². The Morgan fingerprint density at radius 2 is 1.84 bits per heavy atom. The van der Waals surface area contributed by atoms with Gasteiger partial charge in [0, 0.05) is 17.5 Å². The summed E-state index contributed by atoms with van der Waals surface area (Å²) in [5.74, 6) is 0.143. The fourth-order valence-corrected chi connectivity index (χ4v) is 2.39. The number of fused-ring (bicyclic) bond motifs is 1. The van der Waals surface area contributed by atoms with E-state index < -0.39 is 11.5 Å². The number of hydrazine groups is 1. The molecule has 1 heterocycles. The highest BCUT2D eigenvalue weighted by atomic mass is 16.5. The summed E-state index contributed by atoms with van der Waals surface area (Å²) in [5.41, 5.74) is 6.05.